The molecule has 1 aromatic rings. The van der Waals surface area contributed by atoms with Crippen LogP contribution in [0.1, 0.15) is 31.6 Å². The van der Waals surface area contributed by atoms with E-state index in [2.05, 4.69) is 18.8 Å². The van der Waals surface area contributed by atoms with Gasteiger partial charge in [0.15, 0.2) is 0 Å². The fourth-order valence-corrected chi connectivity index (χ4v) is 10.3. The van der Waals surface area contributed by atoms with Gasteiger partial charge in [0.05, 0.1) is 30.1 Å². The number of fused-ring (bicyclic) bond motifs is 9. The normalized spacial score (nSPS) is 36.9. The maximum Gasteiger partial charge on any atom is 0.305 e. The van der Waals surface area contributed by atoms with Crippen molar-refractivity contribution in [1.82, 2.24) is 14.8 Å². The number of carbonyl (C=O) groups is 3. The van der Waals surface area contributed by atoms with E-state index in [9.17, 15) is 19.2 Å². The molecule has 0 spiro atoms. The number of thiazole rings is 1. The van der Waals surface area contributed by atoms with Gasteiger partial charge in [0, 0.05) is 41.6 Å². The number of nitrogens with zero attached hydrogens (tertiary/aromatic N) is 2. The predicted molar refractivity (Wildman–Crippen MR) is 118 cm³/mol. The zero-order chi connectivity index (χ0) is 22.4. The first-order valence-electron chi connectivity index (χ1n) is 11.4. The van der Waals surface area contributed by atoms with Gasteiger partial charge in [-0.05, 0) is 24.2 Å². The lowest BCUT2D eigenvalue weighted by Gasteiger charge is -2.47. The first-order chi connectivity index (χ1) is 15.3. The van der Waals surface area contributed by atoms with Crippen LogP contribution in [0.4, 0.5) is 0 Å². The zero-order valence-corrected chi connectivity index (χ0v) is 19.8. The highest BCUT2D eigenvalue weighted by atomic mass is 32.2. The van der Waals surface area contributed by atoms with Crippen molar-refractivity contribution in [3.8, 4) is 0 Å². The van der Waals surface area contributed by atoms with Gasteiger partial charge in [0.2, 0.25) is 17.7 Å². The Bertz CT molecular complexity index is 1060. The van der Waals surface area contributed by atoms with Crippen molar-refractivity contribution in [2.45, 2.75) is 42.4 Å². The van der Waals surface area contributed by atoms with E-state index in [1.807, 2.05) is 0 Å². The highest BCUT2D eigenvalue weighted by Crippen LogP contribution is 2.68. The van der Waals surface area contributed by atoms with Crippen LogP contribution in [0.15, 0.2) is 9.82 Å². The molecular formula is C22H27N3O5S2. The van der Waals surface area contributed by atoms with E-state index in [1.54, 1.807) is 16.7 Å². The first kappa shape index (κ1) is 20.9. The number of amides is 3. The number of rotatable bonds is 3. The third kappa shape index (κ3) is 2.78. The second-order valence-electron chi connectivity index (χ2n) is 10.2. The van der Waals surface area contributed by atoms with Crippen LogP contribution in [0.5, 0.6) is 0 Å². The smallest absolute Gasteiger partial charge is 0.305 e. The van der Waals surface area contributed by atoms with Gasteiger partial charge in [0.1, 0.15) is 0 Å². The lowest BCUT2D eigenvalue weighted by molar-refractivity contribution is -0.142. The second-order valence-corrected chi connectivity index (χ2v) is 12.4. The maximum absolute atomic E-state index is 13.4. The lowest BCUT2D eigenvalue weighted by atomic mass is 9.64. The minimum absolute atomic E-state index is 0.0207. The molecule has 2 saturated carbocycles. The Hall–Kier alpha value is -1.65. The van der Waals surface area contributed by atoms with Gasteiger partial charge in [-0.1, -0.05) is 25.2 Å². The van der Waals surface area contributed by atoms with Crippen molar-refractivity contribution in [2.24, 2.45) is 29.6 Å². The van der Waals surface area contributed by atoms with E-state index in [4.69, 9.17) is 4.74 Å². The Kier molecular flexibility index (Phi) is 4.69. The summed E-state index contributed by atoms with van der Waals surface area (Å²) in [5.41, 5.74) is -0.206. The topological polar surface area (TPSA) is 99.8 Å². The summed E-state index contributed by atoms with van der Waals surface area (Å²) < 4.78 is 5.30. The highest BCUT2D eigenvalue weighted by Gasteiger charge is 2.70. The standard InChI is InChI=1S/C22H27N3O5S2/c1-22(2)15-10-9-11(16(15)31-18-17(22)32-21(29)23-18)14-13(10)19(27)25(20(14)28)4-3-12(26)24-5-7-30-8-6-24/h10-11,13-16H,3-9H2,1-2H3,(H,23,29)/t10-,11-,13-,14-,15+,16+/m0/s1. The fourth-order valence-electron chi connectivity index (χ4n) is 7.11. The molecule has 0 aromatic carbocycles. The van der Waals surface area contributed by atoms with Gasteiger partial charge in [-0.15, -0.1) is 11.8 Å². The molecule has 1 aromatic heterocycles. The van der Waals surface area contributed by atoms with Crippen LogP contribution < -0.4 is 4.87 Å². The third-order valence-electron chi connectivity index (χ3n) is 8.40. The number of H-pyrrole nitrogens is 1. The molecular weight excluding hydrogens is 450 g/mol. The van der Waals surface area contributed by atoms with Crippen molar-refractivity contribution < 1.29 is 19.1 Å². The Morgan fingerprint density at radius 1 is 1.12 bits per heavy atom. The Morgan fingerprint density at radius 2 is 1.81 bits per heavy atom. The molecule has 6 rings (SSSR count). The molecule has 6 atom stereocenters. The third-order valence-corrected chi connectivity index (χ3v) is 11.2. The van der Waals surface area contributed by atoms with E-state index in [-0.39, 0.29) is 75.8 Å². The maximum atomic E-state index is 13.4. The predicted octanol–water partition coefficient (Wildman–Crippen LogP) is 1.30. The Morgan fingerprint density at radius 3 is 2.53 bits per heavy atom. The molecule has 2 aliphatic carbocycles. The number of hydrogen-bond donors (Lipinski definition) is 1. The highest BCUT2D eigenvalue weighted by molar-refractivity contribution is 8.00. The van der Waals surface area contributed by atoms with E-state index >= 15 is 0 Å². The Balaban J connectivity index is 1.23. The minimum Gasteiger partial charge on any atom is -0.378 e. The molecule has 5 aliphatic rings. The van der Waals surface area contributed by atoms with Gasteiger partial charge >= 0.3 is 4.87 Å². The van der Waals surface area contributed by atoms with Crippen molar-refractivity contribution in [2.75, 3.05) is 32.8 Å². The summed E-state index contributed by atoms with van der Waals surface area (Å²) in [7, 11) is 0. The number of aromatic amines is 1. The van der Waals surface area contributed by atoms with Crippen LogP contribution in [0, 0.1) is 29.6 Å². The molecule has 2 bridgehead atoms. The van der Waals surface area contributed by atoms with E-state index < -0.39 is 0 Å². The quantitative estimate of drug-likeness (QED) is 0.659. The number of nitrogens with one attached hydrogen (secondary N) is 1. The number of morpholine rings is 1. The molecule has 0 unspecified atom stereocenters. The summed E-state index contributed by atoms with van der Waals surface area (Å²) in [6.45, 7) is 6.75. The van der Waals surface area contributed by atoms with Gasteiger partial charge in [0.25, 0.3) is 0 Å². The number of hydrogen-bond acceptors (Lipinski definition) is 7. The summed E-state index contributed by atoms with van der Waals surface area (Å²) in [6.07, 6.45) is 1.08. The zero-order valence-electron chi connectivity index (χ0n) is 18.2. The van der Waals surface area contributed by atoms with E-state index in [1.165, 1.54) is 16.2 Å². The monoisotopic (exact) mass is 477 g/mol. The van der Waals surface area contributed by atoms with Gasteiger partial charge < -0.3 is 14.6 Å². The van der Waals surface area contributed by atoms with Gasteiger partial charge in [-0.3, -0.25) is 24.1 Å². The SMILES string of the molecule is CC1(C)c2sc(=O)[nH]c2S[C@@H]2[C@H]3C[C@@H]([C@@H]4C(=O)N(CCC(=O)N5CCOCC5)C(=O)[C@@H]34)[C@H]21. The molecule has 2 saturated heterocycles. The van der Waals surface area contributed by atoms with Crippen molar-refractivity contribution in [3.05, 3.63) is 14.5 Å². The number of likely N-dealkylation sites (tertiary alicyclic amines) is 1. The molecule has 3 aliphatic heterocycles. The summed E-state index contributed by atoms with van der Waals surface area (Å²) >= 11 is 2.98. The molecule has 3 amide bonds. The minimum atomic E-state index is -0.276. The summed E-state index contributed by atoms with van der Waals surface area (Å²) in [5.74, 6) is -0.186. The van der Waals surface area contributed by atoms with Gasteiger partial charge in [-0.2, -0.15) is 0 Å². The summed E-state index contributed by atoms with van der Waals surface area (Å²) in [6, 6.07) is 0. The number of aromatic nitrogens is 1. The molecule has 10 heteroatoms. The molecule has 0 radical (unpaired) electrons. The molecule has 1 N–H and O–H groups in total. The van der Waals surface area contributed by atoms with E-state index in [0.717, 1.165) is 16.3 Å². The van der Waals surface area contributed by atoms with Gasteiger partial charge in [-0.25, -0.2) is 0 Å². The molecule has 4 heterocycles. The van der Waals surface area contributed by atoms with Crippen LogP contribution in [-0.2, 0) is 24.5 Å². The van der Waals surface area contributed by atoms with E-state index in [0.29, 0.717) is 26.3 Å². The number of carbonyl (C=O) groups excluding carboxylic acids is 3. The van der Waals surface area contributed by atoms with Crippen LogP contribution >= 0.6 is 23.1 Å². The lowest BCUT2D eigenvalue weighted by Crippen LogP contribution is -2.48. The average Bonchev–Trinajstić information content (AvgIpc) is 3.49. The number of ether oxygens (including phenoxy) is 1. The van der Waals surface area contributed by atoms with Crippen LogP contribution in [-0.4, -0.2) is 70.6 Å². The molecule has 8 nitrogen and oxygen atoms in total. The molecule has 32 heavy (non-hydrogen) atoms. The first-order valence-corrected chi connectivity index (χ1v) is 13.1. The van der Waals surface area contributed by atoms with Crippen LogP contribution in [0.3, 0.4) is 0 Å². The van der Waals surface area contributed by atoms with Crippen LogP contribution in [0.2, 0.25) is 0 Å². The second kappa shape index (κ2) is 7.17. The number of thioether (sulfide) groups is 1. The number of imide groups is 1. The summed E-state index contributed by atoms with van der Waals surface area (Å²) in [5, 5.41) is 1.18. The van der Waals surface area contributed by atoms with Crippen molar-refractivity contribution in [1.29, 1.82) is 0 Å². The fraction of sp³-hybridized carbons (Fsp3) is 0.727. The molecule has 172 valence electrons. The largest absolute Gasteiger partial charge is 0.378 e. The van der Waals surface area contributed by atoms with Crippen LogP contribution in [0.25, 0.3) is 0 Å². The van der Waals surface area contributed by atoms with Crippen molar-refractivity contribution in [3.63, 3.8) is 0 Å². The summed E-state index contributed by atoms with van der Waals surface area (Å²) in [4.78, 5) is 58.5. The van der Waals surface area contributed by atoms with Crippen molar-refractivity contribution >= 4 is 40.8 Å². The molecule has 4 fully saturated rings. The average molecular weight is 478 g/mol. The Labute approximate surface area is 194 Å².